The van der Waals surface area contributed by atoms with E-state index < -0.39 is 17.9 Å². The van der Waals surface area contributed by atoms with Crippen molar-refractivity contribution in [1.82, 2.24) is 0 Å². The Morgan fingerprint density at radius 1 is 1.42 bits per heavy atom. The third-order valence-electron chi connectivity index (χ3n) is 2.50. The molecular formula is C13H17FO5. The molecule has 0 radical (unpaired) electrons. The van der Waals surface area contributed by atoms with Crippen molar-refractivity contribution in [2.75, 3.05) is 20.8 Å². The third-order valence-corrected chi connectivity index (χ3v) is 2.50. The van der Waals surface area contributed by atoms with Gasteiger partial charge in [0.25, 0.3) is 0 Å². The Kier molecular flexibility index (Phi) is 5.72. The average molecular weight is 272 g/mol. The Morgan fingerprint density at radius 2 is 2.11 bits per heavy atom. The van der Waals surface area contributed by atoms with Crippen molar-refractivity contribution < 1.29 is 28.5 Å². The topological polar surface area (TPSA) is 65.0 Å². The summed E-state index contributed by atoms with van der Waals surface area (Å²) in [7, 11) is 2.75. The number of carbonyl (C=O) groups is 1. The molecule has 0 saturated heterocycles. The first kappa shape index (κ1) is 15.4. The van der Waals surface area contributed by atoms with Crippen LogP contribution in [0.15, 0.2) is 12.1 Å². The molecule has 0 amide bonds. The van der Waals surface area contributed by atoms with Crippen molar-refractivity contribution >= 4 is 5.97 Å². The summed E-state index contributed by atoms with van der Waals surface area (Å²) in [6, 6.07) is 2.28. The van der Waals surface area contributed by atoms with E-state index in [0.29, 0.717) is 5.56 Å². The van der Waals surface area contributed by atoms with Gasteiger partial charge in [-0.2, -0.15) is 0 Å². The highest BCUT2D eigenvalue weighted by atomic mass is 19.1. The Balaban J connectivity index is 3.25. The maximum atomic E-state index is 13.4. The van der Waals surface area contributed by atoms with Gasteiger partial charge in [0, 0.05) is 18.7 Å². The summed E-state index contributed by atoms with van der Waals surface area (Å²) < 4.78 is 28.1. The second-order valence-corrected chi connectivity index (χ2v) is 3.77. The van der Waals surface area contributed by atoms with Gasteiger partial charge in [-0.25, -0.2) is 9.18 Å². The first-order valence-corrected chi connectivity index (χ1v) is 5.75. The molecular weight excluding hydrogens is 255 g/mol. The van der Waals surface area contributed by atoms with Gasteiger partial charge in [0.05, 0.1) is 20.3 Å². The van der Waals surface area contributed by atoms with Crippen LogP contribution < -0.4 is 4.74 Å². The van der Waals surface area contributed by atoms with Crippen LogP contribution in [0.4, 0.5) is 4.39 Å². The van der Waals surface area contributed by atoms with E-state index in [1.165, 1.54) is 20.3 Å². The van der Waals surface area contributed by atoms with Gasteiger partial charge in [-0.05, 0) is 18.6 Å². The number of aliphatic hydroxyl groups excluding tert-OH is 1. The maximum absolute atomic E-state index is 13.4. The van der Waals surface area contributed by atoms with Crippen LogP contribution in [0.5, 0.6) is 5.75 Å². The van der Waals surface area contributed by atoms with Gasteiger partial charge >= 0.3 is 5.97 Å². The number of rotatable bonds is 6. The Hall–Kier alpha value is -1.66. The molecule has 0 heterocycles. The smallest absolute Gasteiger partial charge is 0.339 e. The number of aliphatic hydroxyl groups is 1. The van der Waals surface area contributed by atoms with Crippen molar-refractivity contribution in [1.29, 1.82) is 0 Å². The molecule has 1 unspecified atom stereocenters. The van der Waals surface area contributed by atoms with E-state index in [4.69, 9.17) is 14.2 Å². The molecule has 0 fully saturated rings. The van der Waals surface area contributed by atoms with Crippen molar-refractivity contribution in [2.24, 2.45) is 0 Å². The second kappa shape index (κ2) is 7.06. The summed E-state index contributed by atoms with van der Waals surface area (Å²) in [4.78, 5) is 11.6. The van der Waals surface area contributed by atoms with Gasteiger partial charge in [-0.15, -0.1) is 0 Å². The van der Waals surface area contributed by atoms with Crippen molar-refractivity contribution in [3.05, 3.63) is 29.1 Å². The predicted molar refractivity (Wildman–Crippen MR) is 65.3 cm³/mol. The number of ether oxygens (including phenoxy) is 3. The molecule has 106 valence electrons. The summed E-state index contributed by atoms with van der Waals surface area (Å²) in [5.74, 6) is -1.28. The molecule has 19 heavy (non-hydrogen) atoms. The van der Waals surface area contributed by atoms with E-state index in [2.05, 4.69) is 0 Å². The first-order valence-electron chi connectivity index (χ1n) is 5.75. The van der Waals surface area contributed by atoms with Crippen LogP contribution in [0.25, 0.3) is 0 Å². The zero-order valence-electron chi connectivity index (χ0n) is 11.1. The molecule has 1 atom stereocenters. The molecule has 0 aliphatic heterocycles. The first-order chi connectivity index (χ1) is 9.04. The molecule has 5 nitrogen and oxygen atoms in total. The largest absolute Gasteiger partial charge is 0.496 e. The molecule has 0 saturated carbocycles. The molecule has 1 aromatic carbocycles. The van der Waals surface area contributed by atoms with Crippen LogP contribution in [-0.2, 0) is 20.9 Å². The second-order valence-electron chi connectivity index (χ2n) is 3.77. The summed E-state index contributed by atoms with van der Waals surface area (Å²) in [6.45, 7) is 1.81. The number of hydrogen-bond acceptors (Lipinski definition) is 5. The Morgan fingerprint density at radius 3 is 2.63 bits per heavy atom. The molecule has 6 heteroatoms. The zero-order valence-corrected chi connectivity index (χ0v) is 11.1. The Bertz CT molecular complexity index is 447. The van der Waals surface area contributed by atoms with Crippen LogP contribution in [0.2, 0.25) is 0 Å². The minimum absolute atomic E-state index is 0.0416. The normalized spacial score (nSPS) is 12.1. The molecule has 1 rings (SSSR count). The van der Waals surface area contributed by atoms with Crippen LogP contribution in [0, 0.1) is 5.82 Å². The summed E-state index contributed by atoms with van der Waals surface area (Å²) in [6.07, 6.45) is -1.54. The summed E-state index contributed by atoms with van der Waals surface area (Å²) in [5.41, 5.74) is 0.490. The van der Waals surface area contributed by atoms with Gasteiger partial charge in [0.1, 0.15) is 11.6 Å². The fraction of sp³-hybridized carbons (Fsp3) is 0.462. The Labute approximate surface area is 110 Å². The predicted octanol–water partition coefficient (Wildman–Crippen LogP) is 1.58. The quantitative estimate of drug-likeness (QED) is 0.796. The standard InChI is InChI=1S/C13H17FO5/c1-4-19-13(16)12(15)11-8(7-17-2)5-9(14)6-10(11)18-3/h5-6,12,15H,4,7H2,1-3H3. The number of halogens is 1. The summed E-state index contributed by atoms with van der Waals surface area (Å²) >= 11 is 0. The number of methoxy groups -OCH3 is 2. The molecule has 1 aromatic rings. The van der Waals surface area contributed by atoms with E-state index in [1.807, 2.05) is 0 Å². The van der Waals surface area contributed by atoms with Crippen LogP contribution >= 0.6 is 0 Å². The number of benzene rings is 1. The van der Waals surface area contributed by atoms with Crippen LogP contribution in [0.3, 0.4) is 0 Å². The fourth-order valence-electron chi connectivity index (χ4n) is 1.74. The lowest BCUT2D eigenvalue weighted by molar-refractivity contribution is -0.153. The third kappa shape index (κ3) is 3.65. The van der Waals surface area contributed by atoms with Gasteiger partial charge < -0.3 is 19.3 Å². The molecule has 0 aromatic heterocycles. The van der Waals surface area contributed by atoms with Crippen molar-refractivity contribution in [2.45, 2.75) is 19.6 Å². The van der Waals surface area contributed by atoms with E-state index in [0.717, 1.165) is 6.07 Å². The van der Waals surface area contributed by atoms with Crippen LogP contribution in [0.1, 0.15) is 24.2 Å². The highest BCUT2D eigenvalue weighted by Crippen LogP contribution is 2.31. The van der Waals surface area contributed by atoms with Gasteiger partial charge in [-0.3, -0.25) is 0 Å². The molecule has 0 aliphatic rings. The number of esters is 1. The van der Waals surface area contributed by atoms with Crippen molar-refractivity contribution in [3.63, 3.8) is 0 Å². The van der Waals surface area contributed by atoms with Crippen LogP contribution in [-0.4, -0.2) is 31.9 Å². The molecule has 0 bridgehead atoms. The lowest BCUT2D eigenvalue weighted by Gasteiger charge is -2.17. The maximum Gasteiger partial charge on any atom is 0.339 e. The van der Waals surface area contributed by atoms with E-state index in [-0.39, 0.29) is 24.5 Å². The summed E-state index contributed by atoms with van der Waals surface area (Å²) in [5, 5.41) is 10.00. The van der Waals surface area contributed by atoms with Gasteiger partial charge in [-0.1, -0.05) is 0 Å². The number of carbonyl (C=O) groups excluding carboxylic acids is 1. The fourth-order valence-corrected chi connectivity index (χ4v) is 1.74. The highest BCUT2D eigenvalue weighted by Gasteiger charge is 2.26. The highest BCUT2D eigenvalue weighted by molar-refractivity contribution is 5.78. The van der Waals surface area contributed by atoms with Gasteiger partial charge in [0.2, 0.25) is 0 Å². The minimum Gasteiger partial charge on any atom is -0.496 e. The average Bonchev–Trinajstić information content (AvgIpc) is 2.38. The molecule has 0 spiro atoms. The number of hydrogen-bond donors (Lipinski definition) is 1. The van der Waals surface area contributed by atoms with E-state index in [1.54, 1.807) is 6.92 Å². The zero-order chi connectivity index (χ0) is 14.4. The van der Waals surface area contributed by atoms with Crippen molar-refractivity contribution in [3.8, 4) is 5.75 Å². The monoisotopic (exact) mass is 272 g/mol. The SMILES string of the molecule is CCOC(=O)C(O)c1c(COC)cc(F)cc1OC. The van der Waals surface area contributed by atoms with E-state index in [9.17, 15) is 14.3 Å². The van der Waals surface area contributed by atoms with E-state index >= 15 is 0 Å². The minimum atomic E-state index is -1.54. The lowest BCUT2D eigenvalue weighted by Crippen LogP contribution is -2.18. The van der Waals surface area contributed by atoms with Gasteiger partial charge in [0.15, 0.2) is 6.10 Å². The molecule has 1 N–H and O–H groups in total. The molecule has 0 aliphatic carbocycles. The lowest BCUT2D eigenvalue weighted by atomic mass is 10.0.